The first-order valence-corrected chi connectivity index (χ1v) is 6.01. The van der Waals surface area contributed by atoms with Crippen molar-refractivity contribution in [1.29, 1.82) is 10.5 Å². The maximum Gasteiger partial charge on any atom is 0.121 e. The molecule has 0 aliphatic carbocycles. The van der Waals surface area contributed by atoms with Gasteiger partial charge in [0.15, 0.2) is 0 Å². The van der Waals surface area contributed by atoms with Gasteiger partial charge in [-0.25, -0.2) is 0 Å². The first kappa shape index (κ1) is 13.5. The van der Waals surface area contributed by atoms with Crippen molar-refractivity contribution in [2.75, 3.05) is 19.1 Å². The van der Waals surface area contributed by atoms with Gasteiger partial charge in [-0.3, -0.25) is 0 Å². The van der Waals surface area contributed by atoms with Gasteiger partial charge in [0.2, 0.25) is 0 Å². The second-order valence-electron chi connectivity index (χ2n) is 4.21. The van der Waals surface area contributed by atoms with Gasteiger partial charge in [-0.1, -0.05) is 0 Å². The molecule has 0 spiro atoms. The molecule has 0 atom stereocenters. The highest BCUT2D eigenvalue weighted by Gasteiger charge is 2.10. The number of anilines is 2. The normalized spacial score (nSPS) is 9.40. The summed E-state index contributed by atoms with van der Waals surface area (Å²) in [6.45, 7) is 0. The number of nitriles is 2. The fourth-order valence-electron chi connectivity index (χ4n) is 1.91. The van der Waals surface area contributed by atoms with E-state index in [-0.39, 0.29) is 0 Å². The van der Waals surface area contributed by atoms with Crippen molar-refractivity contribution >= 4 is 11.4 Å². The third-order valence-corrected chi connectivity index (χ3v) is 3.07. The van der Waals surface area contributed by atoms with Crippen LogP contribution in [-0.2, 0) is 0 Å². The van der Waals surface area contributed by atoms with Crippen molar-refractivity contribution in [3.63, 3.8) is 0 Å². The Morgan fingerprint density at radius 3 is 2.25 bits per heavy atom. The number of benzene rings is 2. The number of rotatable bonds is 3. The summed E-state index contributed by atoms with van der Waals surface area (Å²) in [5.41, 5.74) is 2.83. The highest BCUT2D eigenvalue weighted by molar-refractivity contribution is 5.70. The summed E-state index contributed by atoms with van der Waals surface area (Å²) in [7, 11) is 3.46. The Labute approximate surface area is 118 Å². The van der Waals surface area contributed by atoms with Crippen molar-refractivity contribution < 1.29 is 4.74 Å². The van der Waals surface area contributed by atoms with Gasteiger partial charge in [-0.05, 0) is 36.4 Å². The van der Waals surface area contributed by atoms with E-state index in [1.54, 1.807) is 31.4 Å². The molecule has 0 saturated heterocycles. The molecule has 0 bridgehead atoms. The van der Waals surface area contributed by atoms with Crippen LogP contribution in [0.4, 0.5) is 11.4 Å². The number of hydrogen-bond donors (Lipinski definition) is 0. The molecular formula is C16H13N3O. The Balaban J connectivity index is 2.44. The number of hydrogen-bond acceptors (Lipinski definition) is 4. The highest BCUT2D eigenvalue weighted by Crippen LogP contribution is 2.30. The molecule has 20 heavy (non-hydrogen) atoms. The molecule has 0 fully saturated rings. The van der Waals surface area contributed by atoms with Crippen molar-refractivity contribution in [3.8, 4) is 17.9 Å². The predicted octanol–water partition coefficient (Wildman–Crippen LogP) is 3.21. The van der Waals surface area contributed by atoms with Crippen LogP contribution in [0.25, 0.3) is 0 Å². The molecule has 0 aromatic heterocycles. The summed E-state index contributed by atoms with van der Waals surface area (Å²) >= 11 is 0. The Morgan fingerprint density at radius 1 is 1.00 bits per heavy atom. The van der Waals surface area contributed by atoms with Crippen molar-refractivity contribution in [1.82, 2.24) is 0 Å². The van der Waals surface area contributed by atoms with Crippen LogP contribution in [0.3, 0.4) is 0 Å². The summed E-state index contributed by atoms with van der Waals surface area (Å²) in [5.74, 6) is 0.694. The second-order valence-corrected chi connectivity index (χ2v) is 4.21. The molecule has 4 heteroatoms. The zero-order valence-electron chi connectivity index (χ0n) is 11.3. The number of methoxy groups -OCH3 is 1. The van der Waals surface area contributed by atoms with Gasteiger partial charge < -0.3 is 9.64 Å². The topological polar surface area (TPSA) is 60.0 Å². The lowest BCUT2D eigenvalue weighted by Gasteiger charge is -2.21. The maximum absolute atomic E-state index is 9.20. The standard InChI is InChI=1S/C16H13N3O/c1-19(14-6-3-12(10-17)4-7-14)16-9-15(20-2)8-5-13(16)11-18/h3-9H,1-2H3. The number of nitrogens with zero attached hydrogens (tertiary/aromatic N) is 3. The monoisotopic (exact) mass is 263 g/mol. The predicted molar refractivity (Wildman–Crippen MR) is 76.9 cm³/mol. The average Bonchev–Trinajstić information content (AvgIpc) is 2.53. The molecule has 0 radical (unpaired) electrons. The van der Waals surface area contributed by atoms with Crippen LogP contribution in [0.1, 0.15) is 11.1 Å². The van der Waals surface area contributed by atoms with Crippen LogP contribution in [0.15, 0.2) is 42.5 Å². The van der Waals surface area contributed by atoms with Crippen molar-refractivity contribution in [3.05, 3.63) is 53.6 Å². The molecule has 2 aromatic rings. The lowest BCUT2D eigenvalue weighted by atomic mass is 10.1. The van der Waals surface area contributed by atoms with Gasteiger partial charge in [-0.15, -0.1) is 0 Å². The average molecular weight is 263 g/mol. The summed E-state index contributed by atoms with van der Waals surface area (Å²) < 4.78 is 5.20. The Kier molecular flexibility index (Phi) is 3.88. The zero-order chi connectivity index (χ0) is 14.5. The van der Waals surface area contributed by atoms with E-state index in [2.05, 4.69) is 12.1 Å². The van der Waals surface area contributed by atoms with E-state index >= 15 is 0 Å². The molecule has 0 amide bonds. The second kappa shape index (κ2) is 5.77. The molecule has 4 nitrogen and oxygen atoms in total. The molecule has 0 aliphatic rings. The minimum absolute atomic E-state index is 0.567. The third kappa shape index (κ3) is 2.55. The molecule has 2 rings (SSSR count). The van der Waals surface area contributed by atoms with Gasteiger partial charge in [0.05, 0.1) is 30.0 Å². The summed E-state index contributed by atoms with van der Waals surface area (Å²) in [6.07, 6.45) is 0. The van der Waals surface area contributed by atoms with Crippen LogP contribution in [0.5, 0.6) is 5.75 Å². The van der Waals surface area contributed by atoms with Crippen LogP contribution < -0.4 is 9.64 Å². The van der Waals surface area contributed by atoms with Crippen molar-refractivity contribution in [2.45, 2.75) is 0 Å². The van der Waals surface area contributed by atoms with Crippen LogP contribution in [0.2, 0.25) is 0 Å². The minimum atomic E-state index is 0.567. The molecule has 0 aliphatic heterocycles. The third-order valence-electron chi connectivity index (χ3n) is 3.07. The van der Waals surface area contributed by atoms with E-state index in [0.717, 1.165) is 11.4 Å². The summed E-state index contributed by atoms with van der Waals surface area (Å²) in [5, 5.41) is 18.0. The van der Waals surface area contributed by atoms with Gasteiger partial charge in [-0.2, -0.15) is 10.5 Å². The van der Waals surface area contributed by atoms with E-state index in [0.29, 0.717) is 16.9 Å². The first-order valence-electron chi connectivity index (χ1n) is 6.01. The molecule has 0 heterocycles. The van der Waals surface area contributed by atoms with Gasteiger partial charge in [0.1, 0.15) is 11.8 Å². The minimum Gasteiger partial charge on any atom is -0.497 e. The molecular weight excluding hydrogens is 250 g/mol. The first-order chi connectivity index (χ1) is 9.69. The molecule has 0 saturated carbocycles. The lowest BCUT2D eigenvalue weighted by Crippen LogP contribution is -2.11. The van der Waals surface area contributed by atoms with Gasteiger partial charge >= 0.3 is 0 Å². The van der Waals surface area contributed by atoms with E-state index < -0.39 is 0 Å². The van der Waals surface area contributed by atoms with E-state index in [1.807, 2.05) is 30.1 Å². The quantitative estimate of drug-likeness (QED) is 0.853. The Morgan fingerprint density at radius 2 is 1.70 bits per heavy atom. The summed E-state index contributed by atoms with van der Waals surface area (Å²) in [4.78, 5) is 1.89. The zero-order valence-corrected chi connectivity index (χ0v) is 11.3. The lowest BCUT2D eigenvalue weighted by molar-refractivity contribution is 0.415. The van der Waals surface area contributed by atoms with Crippen LogP contribution in [0, 0.1) is 22.7 Å². The molecule has 0 N–H and O–H groups in total. The number of ether oxygens (including phenoxy) is 1. The maximum atomic E-state index is 9.20. The van der Waals surface area contributed by atoms with E-state index in [1.165, 1.54) is 0 Å². The Hall–Kier alpha value is -2.98. The largest absolute Gasteiger partial charge is 0.497 e. The molecule has 98 valence electrons. The fraction of sp³-hybridized carbons (Fsp3) is 0.125. The van der Waals surface area contributed by atoms with E-state index in [9.17, 15) is 5.26 Å². The van der Waals surface area contributed by atoms with Crippen LogP contribution in [-0.4, -0.2) is 14.2 Å². The van der Waals surface area contributed by atoms with Gasteiger partial charge in [0, 0.05) is 18.8 Å². The smallest absolute Gasteiger partial charge is 0.121 e. The Bertz CT molecular complexity index is 693. The summed E-state index contributed by atoms with van der Waals surface area (Å²) in [6, 6.07) is 16.7. The fourth-order valence-corrected chi connectivity index (χ4v) is 1.91. The van der Waals surface area contributed by atoms with E-state index in [4.69, 9.17) is 10.00 Å². The molecule has 2 aromatic carbocycles. The van der Waals surface area contributed by atoms with Crippen LogP contribution >= 0.6 is 0 Å². The van der Waals surface area contributed by atoms with Gasteiger partial charge in [0.25, 0.3) is 0 Å². The molecule has 0 unspecified atom stereocenters. The highest BCUT2D eigenvalue weighted by atomic mass is 16.5. The SMILES string of the molecule is COc1ccc(C#N)c(N(C)c2ccc(C#N)cc2)c1. The van der Waals surface area contributed by atoms with Crippen molar-refractivity contribution in [2.24, 2.45) is 0 Å².